The van der Waals surface area contributed by atoms with Gasteiger partial charge in [-0.1, -0.05) is 0 Å². The lowest BCUT2D eigenvalue weighted by Gasteiger charge is -2.22. The largest absolute Gasteiger partial charge is 0.383 e. The van der Waals surface area contributed by atoms with Gasteiger partial charge in [-0.25, -0.2) is 18.7 Å². The molecule has 3 heterocycles. The molecule has 1 fully saturated rings. The number of likely N-dealkylation sites (tertiary alicyclic amines) is 1. The molecule has 2 aromatic heterocycles. The fourth-order valence-electron chi connectivity index (χ4n) is 4.11. The van der Waals surface area contributed by atoms with E-state index in [2.05, 4.69) is 9.97 Å². The van der Waals surface area contributed by atoms with E-state index in [1.807, 2.05) is 4.90 Å². The van der Waals surface area contributed by atoms with E-state index in [1.165, 1.54) is 10.6 Å². The monoisotopic (exact) mass is 471 g/mol. The fourth-order valence-corrected chi connectivity index (χ4v) is 4.11. The number of pyridine rings is 1. The molecule has 4 rings (SSSR count). The SMILES string of the molecule is COCCn1c(=O)c(N(C)CCCN2CCCC2=O)nc2ccc(-c3ccc(F)c(F)c3)nc21. The normalized spacial score (nSPS) is 13.8. The minimum Gasteiger partial charge on any atom is -0.383 e. The molecule has 0 aliphatic carbocycles. The van der Waals surface area contributed by atoms with Crippen LogP contribution in [-0.2, 0) is 16.1 Å². The summed E-state index contributed by atoms with van der Waals surface area (Å²) in [5, 5.41) is 0. The number of ether oxygens (including phenoxy) is 1. The second-order valence-corrected chi connectivity index (χ2v) is 8.31. The van der Waals surface area contributed by atoms with Gasteiger partial charge in [-0.2, -0.15) is 0 Å². The van der Waals surface area contributed by atoms with Gasteiger partial charge in [-0.3, -0.25) is 14.2 Å². The summed E-state index contributed by atoms with van der Waals surface area (Å²) in [6.45, 7) is 2.53. The van der Waals surface area contributed by atoms with Crippen molar-refractivity contribution in [3.63, 3.8) is 0 Å². The molecule has 0 saturated carbocycles. The number of rotatable bonds is 9. The highest BCUT2D eigenvalue weighted by molar-refractivity contribution is 5.78. The smallest absolute Gasteiger partial charge is 0.295 e. The number of amides is 1. The second kappa shape index (κ2) is 10.3. The van der Waals surface area contributed by atoms with E-state index < -0.39 is 11.6 Å². The Balaban J connectivity index is 1.65. The molecule has 10 heteroatoms. The van der Waals surface area contributed by atoms with E-state index in [-0.39, 0.29) is 30.4 Å². The number of benzene rings is 1. The maximum absolute atomic E-state index is 13.7. The van der Waals surface area contributed by atoms with Crippen molar-refractivity contribution in [3.8, 4) is 11.3 Å². The molecule has 0 unspecified atom stereocenters. The third-order valence-corrected chi connectivity index (χ3v) is 5.96. The van der Waals surface area contributed by atoms with Crippen molar-refractivity contribution in [2.24, 2.45) is 0 Å². The molecule has 0 N–H and O–H groups in total. The van der Waals surface area contributed by atoms with Gasteiger partial charge >= 0.3 is 0 Å². The summed E-state index contributed by atoms with van der Waals surface area (Å²) in [4.78, 5) is 37.9. The minimum atomic E-state index is -0.970. The zero-order chi connectivity index (χ0) is 24.2. The van der Waals surface area contributed by atoms with E-state index in [4.69, 9.17) is 4.74 Å². The molecular formula is C24H27F2N5O3. The summed E-state index contributed by atoms with van der Waals surface area (Å²) in [5.41, 5.74) is 1.31. The number of halogens is 2. The van der Waals surface area contributed by atoms with Crippen LogP contribution in [0.3, 0.4) is 0 Å². The number of hydrogen-bond donors (Lipinski definition) is 0. The van der Waals surface area contributed by atoms with Crippen LogP contribution in [-0.4, -0.2) is 65.7 Å². The van der Waals surface area contributed by atoms with Gasteiger partial charge < -0.3 is 14.5 Å². The Labute approximate surface area is 195 Å². The van der Waals surface area contributed by atoms with Crippen LogP contribution in [0.25, 0.3) is 22.4 Å². The zero-order valence-electron chi connectivity index (χ0n) is 19.3. The first-order valence-electron chi connectivity index (χ1n) is 11.2. The molecule has 1 aliphatic heterocycles. The molecule has 0 atom stereocenters. The average molecular weight is 472 g/mol. The van der Waals surface area contributed by atoms with Crippen LogP contribution in [0.2, 0.25) is 0 Å². The summed E-state index contributed by atoms with van der Waals surface area (Å²) < 4.78 is 33.8. The summed E-state index contributed by atoms with van der Waals surface area (Å²) in [7, 11) is 3.34. The van der Waals surface area contributed by atoms with Crippen LogP contribution in [0.15, 0.2) is 35.1 Å². The maximum Gasteiger partial charge on any atom is 0.295 e. The summed E-state index contributed by atoms with van der Waals surface area (Å²) in [6.07, 6.45) is 2.21. The lowest BCUT2D eigenvalue weighted by molar-refractivity contribution is -0.127. The first-order valence-corrected chi connectivity index (χ1v) is 11.2. The highest BCUT2D eigenvalue weighted by Crippen LogP contribution is 2.23. The van der Waals surface area contributed by atoms with Gasteiger partial charge in [0.1, 0.15) is 5.52 Å². The van der Waals surface area contributed by atoms with Crippen molar-refractivity contribution >= 4 is 22.9 Å². The van der Waals surface area contributed by atoms with Crippen molar-refractivity contribution in [2.75, 3.05) is 45.3 Å². The van der Waals surface area contributed by atoms with Crippen LogP contribution in [0.5, 0.6) is 0 Å². The second-order valence-electron chi connectivity index (χ2n) is 8.31. The Kier molecular flexibility index (Phi) is 7.16. The molecule has 34 heavy (non-hydrogen) atoms. The van der Waals surface area contributed by atoms with Crippen molar-refractivity contribution in [1.82, 2.24) is 19.4 Å². The van der Waals surface area contributed by atoms with Crippen LogP contribution < -0.4 is 10.5 Å². The molecule has 0 radical (unpaired) electrons. The summed E-state index contributed by atoms with van der Waals surface area (Å²) in [6, 6.07) is 6.92. The van der Waals surface area contributed by atoms with Gasteiger partial charge in [-0.05, 0) is 43.2 Å². The lowest BCUT2D eigenvalue weighted by Crippen LogP contribution is -2.34. The third kappa shape index (κ3) is 4.91. The number of carbonyl (C=O) groups excluding carboxylic acids is 1. The number of aromatic nitrogens is 3. The first-order chi connectivity index (χ1) is 16.4. The molecule has 1 aliphatic rings. The molecule has 1 aromatic carbocycles. The van der Waals surface area contributed by atoms with Gasteiger partial charge in [0, 0.05) is 45.8 Å². The highest BCUT2D eigenvalue weighted by Gasteiger charge is 2.20. The van der Waals surface area contributed by atoms with Gasteiger partial charge in [0.25, 0.3) is 5.56 Å². The Morgan fingerprint density at radius 1 is 1.09 bits per heavy atom. The molecule has 180 valence electrons. The van der Waals surface area contributed by atoms with Crippen LogP contribution in [0, 0.1) is 11.6 Å². The maximum atomic E-state index is 13.7. The van der Waals surface area contributed by atoms with Crippen LogP contribution >= 0.6 is 0 Å². The summed E-state index contributed by atoms with van der Waals surface area (Å²) >= 11 is 0. The minimum absolute atomic E-state index is 0.177. The third-order valence-electron chi connectivity index (χ3n) is 5.96. The van der Waals surface area contributed by atoms with E-state index in [1.54, 1.807) is 31.2 Å². The number of carbonyl (C=O) groups is 1. The van der Waals surface area contributed by atoms with E-state index in [0.717, 1.165) is 25.1 Å². The van der Waals surface area contributed by atoms with Gasteiger partial charge in [0.05, 0.1) is 18.8 Å². The molecule has 1 saturated heterocycles. The van der Waals surface area contributed by atoms with Gasteiger partial charge in [0.15, 0.2) is 23.1 Å². The molecule has 3 aromatic rings. The number of anilines is 1. The Morgan fingerprint density at radius 3 is 2.62 bits per heavy atom. The van der Waals surface area contributed by atoms with Crippen molar-refractivity contribution < 1.29 is 18.3 Å². The first kappa shape index (κ1) is 23.7. The predicted molar refractivity (Wildman–Crippen MR) is 125 cm³/mol. The number of methoxy groups -OCH3 is 1. The van der Waals surface area contributed by atoms with Gasteiger partial charge in [0.2, 0.25) is 5.91 Å². The number of nitrogens with zero attached hydrogens (tertiary/aromatic N) is 5. The lowest BCUT2D eigenvalue weighted by atomic mass is 10.1. The standard InChI is InChI=1S/C24H27F2N5O3/c1-29(10-4-12-30-11-3-5-21(30)32)23-24(33)31(13-14-34-2)22-20(28-23)9-8-19(27-22)16-6-7-17(25)18(26)15-16/h6-9,15H,3-5,10-14H2,1-2H3. The average Bonchev–Trinajstić information content (AvgIpc) is 3.24. The Morgan fingerprint density at radius 2 is 1.91 bits per heavy atom. The Bertz CT molecular complexity index is 1260. The quantitative estimate of drug-likeness (QED) is 0.478. The topological polar surface area (TPSA) is 80.6 Å². The zero-order valence-corrected chi connectivity index (χ0v) is 19.3. The van der Waals surface area contributed by atoms with E-state index in [9.17, 15) is 18.4 Å². The predicted octanol–water partition coefficient (Wildman–Crippen LogP) is 2.83. The Hall–Kier alpha value is -3.40. The van der Waals surface area contributed by atoms with Crippen molar-refractivity contribution in [3.05, 3.63) is 52.3 Å². The molecular weight excluding hydrogens is 444 g/mol. The molecule has 0 spiro atoms. The molecule has 8 nitrogen and oxygen atoms in total. The highest BCUT2D eigenvalue weighted by atomic mass is 19.2. The van der Waals surface area contributed by atoms with E-state index in [0.29, 0.717) is 48.4 Å². The summed E-state index contributed by atoms with van der Waals surface area (Å²) in [5.74, 6) is -1.46. The van der Waals surface area contributed by atoms with Crippen LogP contribution in [0.4, 0.5) is 14.6 Å². The van der Waals surface area contributed by atoms with Crippen molar-refractivity contribution in [1.29, 1.82) is 0 Å². The van der Waals surface area contributed by atoms with Crippen LogP contribution in [0.1, 0.15) is 19.3 Å². The number of fused-ring (bicyclic) bond motifs is 1. The molecule has 0 bridgehead atoms. The van der Waals surface area contributed by atoms with Gasteiger partial charge in [-0.15, -0.1) is 0 Å². The fraction of sp³-hybridized carbons (Fsp3) is 0.417. The molecule has 1 amide bonds. The number of hydrogen-bond acceptors (Lipinski definition) is 6. The van der Waals surface area contributed by atoms with E-state index >= 15 is 0 Å². The van der Waals surface area contributed by atoms with Crippen molar-refractivity contribution in [2.45, 2.75) is 25.8 Å².